The summed E-state index contributed by atoms with van der Waals surface area (Å²) >= 11 is 5.03. The molecular weight excluding hydrogens is 536 g/mol. The molecule has 0 atom stereocenters. The van der Waals surface area contributed by atoms with Crippen LogP contribution in [-0.4, -0.2) is 56.0 Å². The lowest BCUT2D eigenvalue weighted by molar-refractivity contribution is 0.0178. The molecule has 0 aliphatic carbocycles. The zero-order valence-corrected chi connectivity index (χ0v) is 22.2. The molecule has 1 saturated heterocycles. The predicted molar refractivity (Wildman–Crippen MR) is 133 cm³/mol. The van der Waals surface area contributed by atoms with Gasteiger partial charge in [0, 0.05) is 29.0 Å². The Morgan fingerprint density at radius 1 is 1.29 bits per heavy atom. The molecule has 1 amide bonds. The van der Waals surface area contributed by atoms with Gasteiger partial charge in [-0.05, 0) is 67.6 Å². The van der Waals surface area contributed by atoms with E-state index in [1.54, 1.807) is 11.2 Å². The number of hydrogen-bond acceptors (Lipinski definition) is 8. The van der Waals surface area contributed by atoms with Gasteiger partial charge >= 0.3 is 6.09 Å². The molecule has 2 N–H and O–H groups in total. The smallest absolute Gasteiger partial charge is 0.410 e. The molecule has 2 aromatic heterocycles. The molecule has 1 fully saturated rings. The van der Waals surface area contributed by atoms with Crippen LogP contribution >= 0.6 is 27.7 Å². The molecule has 0 radical (unpaired) electrons. The number of nitrogens with zero attached hydrogens (tertiary/aromatic N) is 4. The van der Waals surface area contributed by atoms with Crippen molar-refractivity contribution in [1.82, 2.24) is 24.4 Å². The number of halogens is 1. The van der Waals surface area contributed by atoms with E-state index in [2.05, 4.69) is 25.9 Å². The van der Waals surface area contributed by atoms with E-state index < -0.39 is 5.60 Å². The van der Waals surface area contributed by atoms with Crippen LogP contribution in [0.4, 0.5) is 4.79 Å². The number of nitrogens with one attached hydrogen (secondary N) is 2. The number of aromatic amines is 1. The molecule has 0 saturated carbocycles. The Morgan fingerprint density at radius 2 is 2.00 bits per heavy atom. The summed E-state index contributed by atoms with van der Waals surface area (Å²) in [6.45, 7) is 7.89. The van der Waals surface area contributed by atoms with Gasteiger partial charge in [-0.15, -0.1) is 0 Å². The number of rotatable bonds is 4. The third-order valence-electron chi connectivity index (χ3n) is 5.85. The fourth-order valence-electron chi connectivity index (χ4n) is 4.13. The highest BCUT2D eigenvalue weighted by atomic mass is 79.9. The lowest BCUT2D eigenvalue weighted by Gasteiger charge is -2.33. The first-order chi connectivity index (χ1) is 16.7. The first kappa shape index (κ1) is 24.0. The molecule has 10 nitrogen and oxygen atoms in total. The molecule has 5 rings (SSSR count). The lowest BCUT2D eigenvalue weighted by Crippen LogP contribution is -2.42. The van der Waals surface area contributed by atoms with Crippen molar-refractivity contribution in [1.29, 1.82) is 5.41 Å². The molecule has 35 heavy (non-hydrogen) atoms. The minimum absolute atomic E-state index is 0.153. The van der Waals surface area contributed by atoms with Gasteiger partial charge in [0.15, 0.2) is 27.8 Å². The first-order valence-corrected chi connectivity index (χ1v) is 13.0. The van der Waals surface area contributed by atoms with Crippen molar-refractivity contribution >= 4 is 44.9 Å². The molecule has 1 aromatic carbocycles. The number of ether oxygens (including phenoxy) is 3. The number of benzene rings is 1. The number of piperidine rings is 1. The SMILES string of the molecule is CC(C)(C)OC(=O)N1CCC(Cn2cnc(=N)c3[nH]c(Sc4cc5c(cc4Br)OCO5)nc32)CC1. The maximum atomic E-state index is 12.4. The molecular formula is C23H27BrN6O4S. The Kier molecular flexibility index (Phi) is 6.43. The Balaban J connectivity index is 1.30. The molecule has 3 aromatic rings. The van der Waals surface area contributed by atoms with E-state index >= 15 is 0 Å². The van der Waals surface area contributed by atoms with Crippen molar-refractivity contribution in [2.45, 2.75) is 55.8 Å². The van der Waals surface area contributed by atoms with Crippen molar-refractivity contribution in [3.63, 3.8) is 0 Å². The van der Waals surface area contributed by atoms with Gasteiger partial charge < -0.3 is 28.7 Å². The van der Waals surface area contributed by atoms with Crippen LogP contribution in [0.3, 0.4) is 0 Å². The number of aromatic nitrogens is 4. The summed E-state index contributed by atoms with van der Waals surface area (Å²) in [4.78, 5) is 27.4. The summed E-state index contributed by atoms with van der Waals surface area (Å²) in [6.07, 6.45) is 3.16. The summed E-state index contributed by atoms with van der Waals surface area (Å²) in [5.41, 5.74) is 0.947. The van der Waals surface area contributed by atoms with Gasteiger partial charge in [-0.2, -0.15) is 0 Å². The number of imidazole rings is 1. The van der Waals surface area contributed by atoms with Crippen LogP contribution < -0.4 is 15.0 Å². The van der Waals surface area contributed by atoms with Crippen LogP contribution in [0.1, 0.15) is 33.6 Å². The fourth-order valence-corrected chi connectivity index (χ4v) is 5.51. The number of carbonyl (C=O) groups excluding carboxylic acids is 1. The zero-order chi connectivity index (χ0) is 24.7. The lowest BCUT2D eigenvalue weighted by atomic mass is 9.97. The summed E-state index contributed by atoms with van der Waals surface area (Å²) in [6, 6.07) is 3.80. The second-order valence-electron chi connectivity index (χ2n) is 9.63. The molecule has 4 heterocycles. The Hall–Kier alpha value is -2.73. The normalized spacial score (nSPS) is 16.2. The van der Waals surface area contributed by atoms with E-state index in [0.29, 0.717) is 53.4 Å². The number of fused-ring (bicyclic) bond motifs is 2. The van der Waals surface area contributed by atoms with Gasteiger partial charge in [-0.3, -0.25) is 5.41 Å². The molecule has 2 aliphatic heterocycles. The second-order valence-corrected chi connectivity index (χ2v) is 11.5. The van der Waals surface area contributed by atoms with Crippen LogP contribution in [0.2, 0.25) is 0 Å². The minimum Gasteiger partial charge on any atom is -0.454 e. The van der Waals surface area contributed by atoms with Crippen molar-refractivity contribution in [2.75, 3.05) is 19.9 Å². The van der Waals surface area contributed by atoms with Gasteiger partial charge in [-0.1, -0.05) is 11.8 Å². The number of carbonyl (C=O) groups is 1. The summed E-state index contributed by atoms with van der Waals surface area (Å²) < 4.78 is 19.3. The third-order valence-corrected chi connectivity index (χ3v) is 7.72. The average Bonchev–Trinajstić information content (AvgIpc) is 3.42. The van der Waals surface area contributed by atoms with Crippen molar-refractivity contribution in [3.05, 3.63) is 28.4 Å². The Bertz CT molecular complexity index is 1330. The first-order valence-electron chi connectivity index (χ1n) is 11.4. The highest BCUT2D eigenvalue weighted by molar-refractivity contribution is 9.10. The molecule has 0 spiro atoms. The van der Waals surface area contributed by atoms with Gasteiger partial charge in [-0.25, -0.2) is 14.8 Å². The van der Waals surface area contributed by atoms with Gasteiger partial charge in [0.1, 0.15) is 11.1 Å². The number of H-pyrrole nitrogens is 1. The monoisotopic (exact) mass is 562 g/mol. The average molecular weight is 563 g/mol. The van der Waals surface area contributed by atoms with Gasteiger partial charge in [0.05, 0.1) is 6.33 Å². The maximum Gasteiger partial charge on any atom is 0.410 e. The largest absolute Gasteiger partial charge is 0.454 e. The van der Waals surface area contributed by atoms with Gasteiger partial charge in [0.25, 0.3) is 0 Å². The van der Waals surface area contributed by atoms with E-state index in [4.69, 9.17) is 24.6 Å². The van der Waals surface area contributed by atoms with Crippen LogP contribution in [0.5, 0.6) is 11.5 Å². The summed E-state index contributed by atoms with van der Waals surface area (Å²) in [5.74, 6) is 1.78. The number of amides is 1. The van der Waals surface area contributed by atoms with Crippen molar-refractivity contribution < 1.29 is 19.0 Å². The van der Waals surface area contributed by atoms with Crippen molar-refractivity contribution in [2.24, 2.45) is 5.92 Å². The van der Waals surface area contributed by atoms with Gasteiger partial charge in [0.2, 0.25) is 6.79 Å². The quantitative estimate of drug-likeness (QED) is 0.479. The van der Waals surface area contributed by atoms with E-state index in [1.165, 1.54) is 11.8 Å². The van der Waals surface area contributed by atoms with E-state index in [9.17, 15) is 4.79 Å². The van der Waals surface area contributed by atoms with E-state index in [1.807, 2.05) is 37.5 Å². The standard InChI is InChI=1S/C23H27BrN6O4S/c1-23(2,3)34-22(31)29-6-4-13(5-7-29)10-30-11-26-19(25)18-20(30)28-21(27-18)35-17-9-16-15(8-14(17)24)32-12-33-16/h8-9,11,13,25H,4-7,10,12H2,1-3H3,(H,27,28). The molecule has 12 heteroatoms. The molecule has 0 unspecified atom stereocenters. The van der Waals surface area contributed by atoms with Crippen LogP contribution in [-0.2, 0) is 11.3 Å². The highest BCUT2D eigenvalue weighted by Crippen LogP contribution is 2.42. The topological polar surface area (TPSA) is 118 Å². The Labute approximate surface area is 215 Å². The second kappa shape index (κ2) is 9.38. The summed E-state index contributed by atoms with van der Waals surface area (Å²) in [7, 11) is 0. The Morgan fingerprint density at radius 3 is 2.71 bits per heavy atom. The third kappa shape index (κ3) is 5.27. The van der Waals surface area contributed by atoms with Crippen molar-refractivity contribution in [3.8, 4) is 11.5 Å². The highest BCUT2D eigenvalue weighted by Gasteiger charge is 2.27. The van der Waals surface area contributed by atoms with Crippen LogP contribution in [0.15, 0.2) is 33.0 Å². The number of hydrogen-bond donors (Lipinski definition) is 2. The van der Waals surface area contributed by atoms with Crippen LogP contribution in [0, 0.1) is 11.3 Å². The van der Waals surface area contributed by atoms with E-state index in [0.717, 1.165) is 22.2 Å². The zero-order valence-electron chi connectivity index (χ0n) is 19.8. The number of likely N-dealkylation sites (tertiary alicyclic amines) is 1. The molecule has 0 bridgehead atoms. The minimum atomic E-state index is -0.495. The summed E-state index contributed by atoms with van der Waals surface area (Å²) in [5, 5.41) is 8.91. The van der Waals surface area contributed by atoms with Crippen LogP contribution in [0.25, 0.3) is 11.2 Å². The predicted octanol–water partition coefficient (Wildman–Crippen LogP) is 4.53. The maximum absolute atomic E-state index is 12.4. The fraction of sp³-hybridized carbons (Fsp3) is 0.478. The van der Waals surface area contributed by atoms with E-state index in [-0.39, 0.29) is 18.4 Å². The molecule has 186 valence electrons. The molecule has 2 aliphatic rings.